The van der Waals surface area contributed by atoms with Crippen molar-refractivity contribution in [2.75, 3.05) is 6.54 Å². The second kappa shape index (κ2) is 5.38. The van der Waals surface area contributed by atoms with E-state index in [1.54, 1.807) is 0 Å². The monoisotopic (exact) mass is 238 g/mol. The number of carbonyl (C=O) groups excluding carboxylic acids is 1. The summed E-state index contributed by atoms with van der Waals surface area (Å²) in [5.74, 6) is 0.594. The van der Waals surface area contributed by atoms with Crippen molar-refractivity contribution in [1.29, 1.82) is 0 Å². The summed E-state index contributed by atoms with van der Waals surface area (Å²) in [6.45, 7) is 7.63. The lowest BCUT2D eigenvalue weighted by molar-refractivity contribution is -0.143. The maximum atomic E-state index is 12.7. The number of piperidine rings is 2. The second-order valence-electron chi connectivity index (χ2n) is 5.87. The molecule has 2 heterocycles. The number of likely N-dealkylation sites (tertiary alicyclic amines) is 1. The molecule has 2 fully saturated rings. The lowest BCUT2D eigenvalue weighted by atomic mass is 9.88. The average Bonchev–Trinajstić information content (AvgIpc) is 2.29. The predicted octanol–water partition coefficient (Wildman–Crippen LogP) is 2.16. The molecular weight excluding hydrogens is 212 g/mol. The van der Waals surface area contributed by atoms with Crippen molar-refractivity contribution in [2.45, 2.75) is 71.0 Å². The highest BCUT2D eigenvalue weighted by molar-refractivity contribution is 5.80. The predicted molar refractivity (Wildman–Crippen MR) is 69.8 cm³/mol. The molecular formula is C14H26N2O. The lowest BCUT2D eigenvalue weighted by Crippen LogP contribution is -2.54. The van der Waals surface area contributed by atoms with Crippen molar-refractivity contribution < 1.29 is 4.79 Å². The lowest BCUT2D eigenvalue weighted by Gasteiger charge is -2.43. The van der Waals surface area contributed by atoms with E-state index in [1.165, 1.54) is 19.3 Å². The Balaban J connectivity index is 2.06. The van der Waals surface area contributed by atoms with Gasteiger partial charge < -0.3 is 10.2 Å². The number of nitrogens with zero attached hydrogens (tertiary/aromatic N) is 1. The molecule has 3 nitrogen and oxygen atoms in total. The Hall–Kier alpha value is -0.570. The zero-order chi connectivity index (χ0) is 12.4. The summed E-state index contributed by atoms with van der Waals surface area (Å²) in [5, 5.41) is 3.43. The number of amides is 1. The summed E-state index contributed by atoms with van der Waals surface area (Å²) in [7, 11) is 0. The van der Waals surface area contributed by atoms with Crippen LogP contribution in [0.2, 0.25) is 0 Å². The van der Waals surface area contributed by atoms with Gasteiger partial charge in [0.15, 0.2) is 0 Å². The van der Waals surface area contributed by atoms with Gasteiger partial charge in [0.2, 0.25) is 5.91 Å². The molecule has 2 unspecified atom stereocenters. The van der Waals surface area contributed by atoms with Crippen molar-refractivity contribution >= 4 is 5.91 Å². The first-order chi connectivity index (χ1) is 8.11. The van der Waals surface area contributed by atoms with Crippen LogP contribution in [0.1, 0.15) is 52.9 Å². The van der Waals surface area contributed by atoms with Crippen LogP contribution in [0, 0.1) is 5.92 Å². The number of hydrogen-bond donors (Lipinski definition) is 1. The molecule has 1 N–H and O–H groups in total. The van der Waals surface area contributed by atoms with Gasteiger partial charge in [-0.25, -0.2) is 0 Å². The molecule has 4 atom stereocenters. The zero-order valence-electron chi connectivity index (χ0n) is 11.4. The third kappa shape index (κ3) is 2.65. The standard InChI is InChI=1S/C14H26N2O/c1-10-6-4-7-11(2)16(10)14(17)13-8-5-9-15-12(13)3/h10-13,15H,4-9H2,1-3H3/t10-,11+,12?,13?. The maximum absolute atomic E-state index is 12.7. The topological polar surface area (TPSA) is 32.3 Å². The van der Waals surface area contributed by atoms with E-state index < -0.39 is 0 Å². The van der Waals surface area contributed by atoms with E-state index in [2.05, 4.69) is 31.0 Å². The van der Waals surface area contributed by atoms with Gasteiger partial charge in [0, 0.05) is 18.1 Å². The summed E-state index contributed by atoms with van der Waals surface area (Å²) >= 11 is 0. The SMILES string of the molecule is CC1NCCCC1C(=O)N1[C@H](C)CCC[C@@H]1C. The van der Waals surface area contributed by atoms with E-state index in [0.717, 1.165) is 19.4 Å². The number of rotatable bonds is 1. The molecule has 0 radical (unpaired) electrons. The first-order valence-electron chi connectivity index (χ1n) is 7.17. The summed E-state index contributed by atoms with van der Waals surface area (Å²) in [6.07, 6.45) is 5.81. The van der Waals surface area contributed by atoms with E-state index in [9.17, 15) is 4.79 Å². The molecule has 0 aromatic rings. The molecule has 1 amide bonds. The Kier molecular flexibility index (Phi) is 4.08. The van der Waals surface area contributed by atoms with E-state index in [4.69, 9.17) is 0 Å². The highest BCUT2D eigenvalue weighted by atomic mass is 16.2. The minimum atomic E-state index is 0.201. The molecule has 2 aliphatic heterocycles. The van der Waals surface area contributed by atoms with Crippen molar-refractivity contribution in [3.63, 3.8) is 0 Å². The Labute approximate surface area is 105 Å². The quantitative estimate of drug-likeness (QED) is 0.759. The number of nitrogens with one attached hydrogen (secondary N) is 1. The Morgan fingerprint density at radius 3 is 2.29 bits per heavy atom. The molecule has 0 aliphatic carbocycles. The van der Waals surface area contributed by atoms with Crippen LogP contribution in [-0.2, 0) is 4.79 Å². The van der Waals surface area contributed by atoms with E-state index >= 15 is 0 Å². The molecule has 2 aliphatic rings. The highest BCUT2D eigenvalue weighted by Gasteiger charge is 2.36. The number of carbonyl (C=O) groups is 1. The van der Waals surface area contributed by atoms with E-state index in [-0.39, 0.29) is 5.92 Å². The Bertz CT molecular complexity index is 269. The van der Waals surface area contributed by atoms with Gasteiger partial charge in [0.05, 0.1) is 5.92 Å². The van der Waals surface area contributed by atoms with Gasteiger partial charge in [-0.1, -0.05) is 0 Å². The Morgan fingerprint density at radius 2 is 1.71 bits per heavy atom. The minimum absolute atomic E-state index is 0.201. The van der Waals surface area contributed by atoms with Crippen LogP contribution in [0.25, 0.3) is 0 Å². The third-order valence-corrected chi connectivity index (χ3v) is 4.53. The van der Waals surface area contributed by atoms with Gasteiger partial charge >= 0.3 is 0 Å². The van der Waals surface area contributed by atoms with Gasteiger partial charge in [0.1, 0.15) is 0 Å². The molecule has 0 bridgehead atoms. The van der Waals surface area contributed by atoms with Gasteiger partial charge in [-0.15, -0.1) is 0 Å². The fraction of sp³-hybridized carbons (Fsp3) is 0.929. The van der Waals surface area contributed by atoms with Crippen molar-refractivity contribution in [2.24, 2.45) is 5.92 Å². The molecule has 17 heavy (non-hydrogen) atoms. The van der Waals surface area contributed by atoms with Crippen LogP contribution in [0.3, 0.4) is 0 Å². The summed E-state index contributed by atoms with van der Waals surface area (Å²) in [5.41, 5.74) is 0. The van der Waals surface area contributed by atoms with Gasteiger partial charge in [-0.3, -0.25) is 4.79 Å². The van der Waals surface area contributed by atoms with Crippen LogP contribution in [0.5, 0.6) is 0 Å². The summed E-state index contributed by atoms with van der Waals surface area (Å²) < 4.78 is 0. The van der Waals surface area contributed by atoms with Crippen molar-refractivity contribution in [3.05, 3.63) is 0 Å². The molecule has 3 heteroatoms. The van der Waals surface area contributed by atoms with Crippen LogP contribution < -0.4 is 5.32 Å². The molecule has 0 saturated carbocycles. The fourth-order valence-electron chi connectivity index (χ4n) is 3.43. The van der Waals surface area contributed by atoms with Crippen LogP contribution in [0.4, 0.5) is 0 Å². The van der Waals surface area contributed by atoms with Crippen molar-refractivity contribution in [3.8, 4) is 0 Å². The fourth-order valence-corrected chi connectivity index (χ4v) is 3.43. The molecule has 0 aromatic carbocycles. The maximum Gasteiger partial charge on any atom is 0.227 e. The zero-order valence-corrected chi connectivity index (χ0v) is 11.4. The van der Waals surface area contributed by atoms with E-state index in [1.807, 2.05) is 0 Å². The summed E-state index contributed by atoms with van der Waals surface area (Å²) in [4.78, 5) is 14.8. The smallest absolute Gasteiger partial charge is 0.227 e. The number of hydrogen-bond acceptors (Lipinski definition) is 2. The third-order valence-electron chi connectivity index (χ3n) is 4.53. The largest absolute Gasteiger partial charge is 0.337 e. The van der Waals surface area contributed by atoms with E-state index in [0.29, 0.717) is 24.0 Å². The van der Waals surface area contributed by atoms with Crippen molar-refractivity contribution in [1.82, 2.24) is 10.2 Å². The van der Waals surface area contributed by atoms with Gasteiger partial charge in [-0.05, 0) is 59.4 Å². The van der Waals surface area contributed by atoms with Crippen LogP contribution in [0.15, 0.2) is 0 Å². The molecule has 0 spiro atoms. The van der Waals surface area contributed by atoms with Gasteiger partial charge in [-0.2, -0.15) is 0 Å². The molecule has 0 aromatic heterocycles. The molecule has 2 rings (SSSR count). The second-order valence-corrected chi connectivity index (χ2v) is 5.87. The van der Waals surface area contributed by atoms with Crippen LogP contribution >= 0.6 is 0 Å². The normalized spacial score (nSPS) is 39.1. The first-order valence-corrected chi connectivity index (χ1v) is 7.17. The highest BCUT2D eigenvalue weighted by Crippen LogP contribution is 2.27. The van der Waals surface area contributed by atoms with Crippen LogP contribution in [-0.4, -0.2) is 35.5 Å². The molecule has 2 saturated heterocycles. The van der Waals surface area contributed by atoms with Gasteiger partial charge in [0.25, 0.3) is 0 Å². The Morgan fingerprint density at radius 1 is 1.06 bits per heavy atom. The first kappa shape index (κ1) is 12.9. The summed E-state index contributed by atoms with van der Waals surface area (Å²) in [6, 6.07) is 1.21. The molecule has 98 valence electrons. The average molecular weight is 238 g/mol. The minimum Gasteiger partial charge on any atom is -0.337 e.